The first-order chi connectivity index (χ1) is 18.6. The van der Waals surface area contributed by atoms with E-state index in [2.05, 4.69) is 21.0 Å². The molecule has 0 spiro atoms. The van der Waals surface area contributed by atoms with E-state index in [-0.39, 0.29) is 19.3 Å². The second-order valence-electron chi connectivity index (χ2n) is 12.4. The molecular formula is C30H59NO7P+. The van der Waals surface area contributed by atoms with Crippen LogP contribution in [-0.4, -0.2) is 73.6 Å². The molecule has 2 aliphatic heterocycles. The minimum Gasteiger partial charge on any atom is -0.458 e. The molecule has 8 nitrogen and oxygen atoms in total. The summed E-state index contributed by atoms with van der Waals surface area (Å²) in [4.78, 5) is 21.8. The first-order valence-corrected chi connectivity index (χ1v) is 17.4. The van der Waals surface area contributed by atoms with Crippen LogP contribution in [0.3, 0.4) is 0 Å². The number of nitrogens with zero attached hydrogens (tertiary/aromatic N) is 1. The zero-order valence-electron chi connectivity index (χ0n) is 25.4. The quantitative estimate of drug-likeness (QED) is 0.0590. The summed E-state index contributed by atoms with van der Waals surface area (Å²) in [6.07, 6.45) is 21.0. The number of rotatable bonds is 23. The van der Waals surface area contributed by atoms with Gasteiger partial charge in [-0.05, 0) is 6.42 Å². The number of phosphoric ester groups is 1. The topological polar surface area (TPSA) is 91.3 Å². The first kappa shape index (κ1) is 34.7. The van der Waals surface area contributed by atoms with Crippen LogP contribution in [0.25, 0.3) is 0 Å². The largest absolute Gasteiger partial charge is 0.472 e. The molecule has 9 heteroatoms. The molecule has 0 saturated carbocycles. The molecule has 2 bridgehead atoms. The molecule has 4 atom stereocenters. The SMILES string of the molecule is CCCCCCCCCCCCCCCCOCC(COP(=O)(O)OC1CC2CCC(C1)[N+]2(C)C)OC(C)=O. The van der Waals surface area contributed by atoms with E-state index in [1.165, 1.54) is 84.0 Å². The lowest BCUT2D eigenvalue weighted by atomic mass is 9.98. The molecule has 0 aromatic heterocycles. The standard InChI is InChI=1S/C30H58NO7P/c1-5-6-7-8-9-10-11-12-13-14-15-16-17-18-21-35-24-30(37-26(2)32)25-36-39(33,34)38-29-22-27-19-20-28(23-29)31(27,3)4/h27-30H,5-25H2,1-4H3/p+1. The van der Waals surface area contributed by atoms with Crippen LogP contribution in [-0.2, 0) is 27.9 Å². The molecule has 0 aromatic rings. The van der Waals surface area contributed by atoms with Gasteiger partial charge in [0.05, 0.1) is 45.5 Å². The molecule has 2 rings (SSSR count). The van der Waals surface area contributed by atoms with E-state index in [9.17, 15) is 14.3 Å². The van der Waals surface area contributed by atoms with Crippen LogP contribution < -0.4 is 0 Å². The van der Waals surface area contributed by atoms with Gasteiger partial charge in [-0.15, -0.1) is 0 Å². The Bertz CT molecular complexity index is 703. The van der Waals surface area contributed by atoms with E-state index in [1.807, 2.05) is 0 Å². The average molecular weight is 577 g/mol. The monoisotopic (exact) mass is 576 g/mol. The van der Waals surface area contributed by atoms with Crippen LogP contribution in [0.1, 0.15) is 129 Å². The van der Waals surface area contributed by atoms with Gasteiger partial charge in [-0.1, -0.05) is 90.4 Å². The fourth-order valence-electron chi connectivity index (χ4n) is 6.28. The van der Waals surface area contributed by atoms with Crippen molar-refractivity contribution in [2.45, 2.75) is 154 Å². The van der Waals surface area contributed by atoms with Gasteiger partial charge in [0.15, 0.2) is 0 Å². The van der Waals surface area contributed by atoms with Gasteiger partial charge in [0.2, 0.25) is 0 Å². The zero-order valence-corrected chi connectivity index (χ0v) is 26.3. The van der Waals surface area contributed by atoms with Gasteiger partial charge in [-0.3, -0.25) is 13.8 Å². The molecule has 2 heterocycles. The molecule has 1 N–H and O–H groups in total. The normalized spacial score (nSPS) is 24.4. The Hall–Kier alpha value is -0.500. The molecule has 0 radical (unpaired) electrons. The number of unbranched alkanes of at least 4 members (excludes halogenated alkanes) is 13. The maximum absolute atomic E-state index is 12.6. The Balaban J connectivity index is 1.50. The number of hydrogen-bond acceptors (Lipinski definition) is 6. The fourth-order valence-corrected chi connectivity index (χ4v) is 7.24. The number of quaternary nitrogens is 1. The van der Waals surface area contributed by atoms with E-state index in [0.717, 1.165) is 43.0 Å². The van der Waals surface area contributed by atoms with Crippen molar-refractivity contribution in [2.24, 2.45) is 0 Å². The van der Waals surface area contributed by atoms with Crippen LogP contribution in [0.4, 0.5) is 0 Å². The third-order valence-electron chi connectivity index (χ3n) is 8.77. The summed E-state index contributed by atoms with van der Waals surface area (Å²) in [5.41, 5.74) is 0. The average Bonchev–Trinajstić information content (AvgIpc) is 3.02. The maximum atomic E-state index is 12.6. The van der Waals surface area contributed by atoms with Crippen molar-refractivity contribution in [1.29, 1.82) is 0 Å². The highest BCUT2D eigenvalue weighted by Crippen LogP contribution is 2.50. The van der Waals surface area contributed by atoms with Gasteiger partial charge in [0.1, 0.15) is 6.10 Å². The highest BCUT2D eigenvalue weighted by molar-refractivity contribution is 7.47. The summed E-state index contributed by atoms with van der Waals surface area (Å²) in [5.74, 6) is -0.471. The summed E-state index contributed by atoms with van der Waals surface area (Å²) in [7, 11) is 0.209. The third kappa shape index (κ3) is 14.3. The lowest BCUT2D eigenvalue weighted by Gasteiger charge is -2.44. The number of hydrogen-bond donors (Lipinski definition) is 1. The summed E-state index contributed by atoms with van der Waals surface area (Å²) < 4.78 is 35.3. The lowest BCUT2D eigenvalue weighted by molar-refractivity contribution is -0.931. The Kier molecular flexibility index (Phi) is 16.8. The molecule has 39 heavy (non-hydrogen) atoms. The van der Waals surface area contributed by atoms with E-state index >= 15 is 0 Å². The van der Waals surface area contributed by atoms with Gasteiger partial charge >= 0.3 is 13.8 Å². The van der Waals surface area contributed by atoms with Gasteiger partial charge in [0, 0.05) is 39.2 Å². The summed E-state index contributed by atoms with van der Waals surface area (Å²) in [6, 6.07) is 0.900. The number of fused-ring (bicyclic) bond motifs is 2. The molecule has 0 aliphatic carbocycles. The van der Waals surface area contributed by atoms with E-state index in [0.29, 0.717) is 18.7 Å². The van der Waals surface area contributed by atoms with Gasteiger partial charge in [0.25, 0.3) is 0 Å². The number of phosphoric acid groups is 1. The van der Waals surface area contributed by atoms with Crippen molar-refractivity contribution in [3.63, 3.8) is 0 Å². The van der Waals surface area contributed by atoms with Crippen LogP contribution in [0, 0.1) is 0 Å². The smallest absolute Gasteiger partial charge is 0.458 e. The number of carbonyl (C=O) groups is 1. The summed E-state index contributed by atoms with van der Waals surface area (Å²) in [5, 5.41) is 0. The molecule has 2 saturated heterocycles. The Morgan fingerprint density at radius 1 is 0.846 bits per heavy atom. The minimum absolute atomic E-state index is 0.136. The fraction of sp³-hybridized carbons (Fsp3) is 0.967. The molecule has 0 amide bonds. The molecule has 230 valence electrons. The van der Waals surface area contributed by atoms with Crippen LogP contribution in [0.5, 0.6) is 0 Å². The second-order valence-corrected chi connectivity index (χ2v) is 13.8. The maximum Gasteiger partial charge on any atom is 0.472 e. The van der Waals surface area contributed by atoms with E-state index < -0.39 is 19.9 Å². The van der Waals surface area contributed by atoms with Crippen molar-refractivity contribution in [1.82, 2.24) is 0 Å². The third-order valence-corrected chi connectivity index (χ3v) is 9.81. The summed E-state index contributed by atoms with van der Waals surface area (Å²) in [6.45, 7) is 4.06. The Morgan fingerprint density at radius 2 is 1.33 bits per heavy atom. The van der Waals surface area contributed by atoms with Gasteiger partial charge in [-0.2, -0.15) is 0 Å². The van der Waals surface area contributed by atoms with Crippen molar-refractivity contribution in [3.8, 4) is 0 Å². The molecule has 2 aliphatic rings. The van der Waals surface area contributed by atoms with Crippen LogP contribution >= 0.6 is 7.82 Å². The number of esters is 1. The first-order valence-electron chi connectivity index (χ1n) is 15.9. The number of carbonyl (C=O) groups excluding carboxylic acids is 1. The van der Waals surface area contributed by atoms with Crippen molar-refractivity contribution in [3.05, 3.63) is 0 Å². The predicted molar refractivity (Wildman–Crippen MR) is 155 cm³/mol. The van der Waals surface area contributed by atoms with Crippen molar-refractivity contribution < 1.29 is 37.3 Å². The van der Waals surface area contributed by atoms with E-state index in [4.69, 9.17) is 18.5 Å². The van der Waals surface area contributed by atoms with Crippen LogP contribution in [0.2, 0.25) is 0 Å². The number of ether oxygens (including phenoxy) is 2. The van der Waals surface area contributed by atoms with Gasteiger partial charge in [-0.25, -0.2) is 4.57 Å². The zero-order chi connectivity index (χ0) is 28.6. The second kappa shape index (κ2) is 18.8. The Morgan fingerprint density at radius 3 is 1.82 bits per heavy atom. The molecule has 0 aromatic carbocycles. The number of piperidine rings is 1. The summed E-state index contributed by atoms with van der Waals surface area (Å²) >= 11 is 0. The predicted octanol–water partition coefficient (Wildman–Crippen LogP) is 7.32. The van der Waals surface area contributed by atoms with Crippen molar-refractivity contribution >= 4 is 13.8 Å². The molecule has 4 unspecified atom stereocenters. The van der Waals surface area contributed by atoms with E-state index in [1.54, 1.807) is 0 Å². The van der Waals surface area contributed by atoms with Crippen molar-refractivity contribution in [2.75, 3.05) is 33.9 Å². The highest BCUT2D eigenvalue weighted by Gasteiger charge is 2.50. The van der Waals surface area contributed by atoms with Crippen LogP contribution in [0.15, 0.2) is 0 Å². The Labute approximate surface area is 238 Å². The minimum atomic E-state index is -4.26. The highest BCUT2D eigenvalue weighted by atomic mass is 31.2. The molecular weight excluding hydrogens is 517 g/mol. The van der Waals surface area contributed by atoms with Gasteiger partial charge < -0.3 is 18.9 Å². The molecule has 2 fully saturated rings. The lowest BCUT2D eigenvalue weighted by Crippen LogP contribution is -2.55.